The molecule has 0 saturated carbocycles. The Morgan fingerprint density at radius 1 is 1.18 bits per heavy atom. The van der Waals surface area contributed by atoms with E-state index < -0.39 is 4.92 Å². The number of hydrogen-bond acceptors (Lipinski definition) is 3. The number of rotatable bonds is 2. The lowest BCUT2D eigenvalue weighted by molar-refractivity contribution is -0.384. The maximum Gasteiger partial charge on any atom is 0.288 e. The van der Waals surface area contributed by atoms with E-state index in [-0.39, 0.29) is 22.2 Å². The number of nitro groups is 1. The molecule has 0 unspecified atom stereocenters. The summed E-state index contributed by atoms with van der Waals surface area (Å²) in [4.78, 5) is 24.6. The lowest BCUT2D eigenvalue weighted by Crippen LogP contribution is -2.35. The molecule has 0 bridgehead atoms. The van der Waals surface area contributed by atoms with Crippen molar-refractivity contribution >= 4 is 23.2 Å². The predicted octanol–water partition coefficient (Wildman–Crippen LogP) is 3.45. The van der Waals surface area contributed by atoms with E-state index >= 15 is 0 Å². The van der Waals surface area contributed by atoms with Crippen LogP contribution in [-0.2, 0) is 13.0 Å². The average Bonchev–Trinajstić information content (AvgIpc) is 2.54. The molecule has 2 aromatic rings. The van der Waals surface area contributed by atoms with Crippen molar-refractivity contribution in [2.75, 3.05) is 6.54 Å². The minimum absolute atomic E-state index is 0.0329. The molecule has 1 heterocycles. The van der Waals surface area contributed by atoms with Gasteiger partial charge < -0.3 is 4.90 Å². The van der Waals surface area contributed by atoms with Crippen LogP contribution in [0.5, 0.6) is 0 Å². The Balaban J connectivity index is 1.86. The predicted molar refractivity (Wildman–Crippen MR) is 83.0 cm³/mol. The van der Waals surface area contributed by atoms with Gasteiger partial charge >= 0.3 is 0 Å². The van der Waals surface area contributed by atoms with Crippen molar-refractivity contribution < 1.29 is 9.72 Å². The Bertz CT molecular complexity index is 761. The van der Waals surface area contributed by atoms with E-state index in [2.05, 4.69) is 6.07 Å². The van der Waals surface area contributed by atoms with Gasteiger partial charge in [-0.25, -0.2) is 0 Å². The van der Waals surface area contributed by atoms with E-state index in [0.717, 1.165) is 12.0 Å². The van der Waals surface area contributed by atoms with Crippen LogP contribution in [0.2, 0.25) is 5.02 Å². The third-order valence-electron chi connectivity index (χ3n) is 3.81. The van der Waals surface area contributed by atoms with Gasteiger partial charge in [-0.1, -0.05) is 35.9 Å². The highest BCUT2D eigenvalue weighted by molar-refractivity contribution is 6.32. The molecule has 1 aliphatic rings. The quantitative estimate of drug-likeness (QED) is 0.629. The van der Waals surface area contributed by atoms with Crippen molar-refractivity contribution in [2.24, 2.45) is 0 Å². The third-order valence-corrected chi connectivity index (χ3v) is 4.13. The van der Waals surface area contributed by atoms with E-state index in [1.807, 2.05) is 18.2 Å². The van der Waals surface area contributed by atoms with Crippen LogP contribution in [0.25, 0.3) is 0 Å². The van der Waals surface area contributed by atoms with Crippen molar-refractivity contribution in [1.82, 2.24) is 4.90 Å². The number of nitro benzene ring substituents is 1. The van der Waals surface area contributed by atoms with Gasteiger partial charge in [0, 0.05) is 24.7 Å². The minimum atomic E-state index is -0.579. The van der Waals surface area contributed by atoms with Gasteiger partial charge in [-0.15, -0.1) is 0 Å². The monoisotopic (exact) mass is 316 g/mol. The molecule has 3 rings (SSSR count). The molecule has 0 spiro atoms. The van der Waals surface area contributed by atoms with Gasteiger partial charge in [-0.2, -0.15) is 0 Å². The summed E-state index contributed by atoms with van der Waals surface area (Å²) in [5.74, 6) is -0.214. The zero-order valence-electron chi connectivity index (χ0n) is 11.7. The number of hydrogen-bond donors (Lipinski definition) is 0. The molecular formula is C16H13ClN2O3. The molecule has 2 aromatic carbocycles. The fourth-order valence-electron chi connectivity index (χ4n) is 2.64. The summed E-state index contributed by atoms with van der Waals surface area (Å²) in [5, 5.41) is 11.0. The van der Waals surface area contributed by atoms with Crippen LogP contribution < -0.4 is 0 Å². The molecule has 0 aliphatic carbocycles. The smallest absolute Gasteiger partial charge is 0.288 e. The van der Waals surface area contributed by atoms with Gasteiger partial charge in [0.1, 0.15) is 5.02 Å². The van der Waals surface area contributed by atoms with Crippen LogP contribution in [0.4, 0.5) is 5.69 Å². The molecule has 22 heavy (non-hydrogen) atoms. The fourth-order valence-corrected chi connectivity index (χ4v) is 2.82. The molecule has 112 valence electrons. The maximum atomic E-state index is 12.6. The van der Waals surface area contributed by atoms with E-state index in [1.54, 1.807) is 4.90 Å². The van der Waals surface area contributed by atoms with Gasteiger partial charge in [-0.3, -0.25) is 14.9 Å². The van der Waals surface area contributed by atoms with Crippen LogP contribution in [0.15, 0.2) is 42.5 Å². The van der Waals surface area contributed by atoms with E-state index in [4.69, 9.17) is 11.6 Å². The largest absolute Gasteiger partial charge is 0.334 e. The first kappa shape index (κ1) is 14.5. The minimum Gasteiger partial charge on any atom is -0.334 e. The van der Waals surface area contributed by atoms with E-state index in [9.17, 15) is 14.9 Å². The van der Waals surface area contributed by atoms with Crippen molar-refractivity contribution in [3.05, 3.63) is 74.3 Å². The number of carbonyl (C=O) groups excluding carboxylic acids is 1. The van der Waals surface area contributed by atoms with E-state index in [0.29, 0.717) is 13.1 Å². The van der Waals surface area contributed by atoms with Crippen LogP contribution >= 0.6 is 11.6 Å². The number of benzene rings is 2. The number of fused-ring (bicyclic) bond motifs is 1. The summed E-state index contributed by atoms with van der Waals surface area (Å²) in [6.45, 7) is 1.12. The molecule has 6 heteroatoms. The van der Waals surface area contributed by atoms with Gasteiger partial charge in [0.05, 0.1) is 4.92 Å². The van der Waals surface area contributed by atoms with Crippen LogP contribution in [0.1, 0.15) is 21.5 Å². The number of halogens is 1. The highest BCUT2D eigenvalue weighted by Crippen LogP contribution is 2.27. The molecule has 0 radical (unpaired) electrons. The first-order valence-electron chi connectivity index (χ1n) is 6.86. The van der Waals surface area contributed by atoms with Crippen molar-refractivity contribution in [3.8, 4) is 0 Å². The van der Waals surface area contributed by atoms with Crippen LogP contribution in [0.3, 0.4) is 0 Å². The Labute approximate surface area is 132 Å². The molecule has 1 aliphatic heterocycles. The highest BCUT2D eigenvalue weighted by atomic mass is 35.5. The Morgan fingerprint density at radius 3 is 2.64 bits per heavy atom. The Kier molecular flexibility index (Phi) is 3.81. The molecule has 0 aromatic heterocycles. The SMILES string of the molecule is O=C(c1ccc(Cl)c([N+](=O)[O-])c1)N1CCc2ccccc2C1. The molecule has 0 atom stereocenters. The topological polar surface area (TPSA) is 63.4 Å². The highest BCUT2D eigenvalue weighted by Gasteiger charge is 2.23. The second-order valence-electron chi connectivity index (χ2n) is 5.17. The molecule has 0 N–H and O–H groups in total. The Hall–Kier alpha value is -2.40. The van der Waals surface area contributed by atoms with Gasteiger partial charge in [0.2, 0.25) is 0 Å². The standard InChI is InChI=1S/C16H13ClN2O3/c17-14-6-5-12(9-15(14)19(21)22)16(20)18-8-7-11-3-1-2-4-13(11)10-18/h1-6,9H,7-8,10H2. The number of nitrogens with zero attached hydrogens (tertiary/aromatic N) is 2. The summed E-state index contributed by atoms with van der Waals surface area (Å²) >= 11 is 5.78. The van der Waals surface area contributed by atoms with Crippen molar-refractivity contribution in [2.45, 2.75) is 13.0 Å². The fraction of sp³-hybridized carbons (Fsp3) is 0.188. The van der Waals surface area contributed by atoms with Gasteiger partial charge in [-0.05, 0) is 29.7 Å². The molecule has 0 fully saturated rings. The average molecular weight is 317 g/mol. The maximum absolute atomic E-state index is 12.6. The summed E-state index contributed by atoms with van der Waals surface area (Å²) in [5.41, 5.74) is 2.40. The number of carbonyl (C=O) groups is 1. The zero-order valence-corrected chi connectivity index (χ0v) is 12.4. The first-order valence-corrected chi connectivity index (χ1v) is 7.24. The second kappa shape index (κ2) is 5.77. The second-order valence-corrected chi connectivity index (χ2v) is 5.58. The summed E-state index contributed by atoms with van der Waals surface area (Å²) in [6, 6.07) is 12.1. The Morgan fingerprint density at radius 2 is 1.91 bits per heavy atom. The lowest BCUT2D eigenvalue weighted by Gasteiger charge is -2.28. The summed E-state index contributed by atoms with van der Waals surface area (Å²) in [7, 11) is 0. The number of amides is 1. The third kappa shape index (κ3) is 2.67. The van der Waals surface area contributed by atoms with Crippen LogP contribution in [0, 0.1) is 10.1 Å². The molecule has 0 saturated heterocycles. The van der Waals surface area contributed by atoms with Gasteiger partial charge in [0.25, 0.3) is 11.6 Å². The lowest BCUT2D eigenvalue weighted by atomic mass is 9.99. The summed E-state index contributed by atoms with van der Waals surface area (Å²) in [6.07, 6.45) is 0.789. The van der Waals surface area contributed by atoms with E-state index in [1.165, 1.54) is 23.8 Å². The van der Waals surface area contributed by atoms with Crippen molar-refractivity contribution in [1.29, 1.82) is 0 Å². The van der Waals surface area contributed by atoms with Crippen LogP contribution in [-0.4, -0.2) is 22.3 Å². The molecular weight excluding hydrogens is 304 g/mol. The first-order chi connectivity index (χ1) is 10.6. The van der Waals surface area contributed by atoms with Crippen molar-refractivity contribution in [3.63, 3.8) is 0 Å². The summed E-state index contributed by atoms with van der Waals surface area (Å²) < 4.78 is 0. The molecule has 1 amide bonds. The molecule has 5 nitrogen and oxygen atoms in total. The normalized spacial score (nSPS) is 13.6. The van der Waals surface area contributed by atoms with Gasteiger partial charge in [0.15, 0.2) is 0 Å². The zero-order chi connectivity index (χ0) is 15.7.